The van der Waals surface area contributed by atoms with Gasteiger partial charge in [-0.15, -0.1) is 0 Å². The molecule has 0 spiro atoms. The molecule has 0 heterocycles. The largest absolute Gasteiger partial charge is 0.497 e. The van der Waals surface area contributed by atoms with E-state index in [4.69, 9.17) is 10.00 Å². The van der Waals surface area contributed by atoms with E-state index < -0.39 is 0 Å². The number of ether oxygens (including phenoxy) is 1. The summed E-state index contributed by atoms with van der Waals surface area (Å²) in [6, 6.07) is 18.0. The lowest BCUT2D eigenvalue weighted by atomic mass is 10.2. The summed E-state index contributed by atoms with van der Waals surface area (Å²) in [6.45, 7) is 2.27. The summed E-state index contributed by atoms with van der Waals surface area (Å²) in [7, 11) is 1.54. The number of nitrogens with zero attached hydrogens (tertiary/aromatic N) is 3. The van der Waals surface area contributed by atoms with Gasteiger partial charge in [-0.3, -0.25) is 14.4 Å². The number of para-hydroxylation sites is 1. The monoisotopic (exact) mass is 436 g/mol. The Labute approximate surface area is 188 Å². The van der Waals surface area contributed by atoms with Crippen LogP contribution in [0.5, 0.6) is 5.75 Å². The Bertz CT molecular complexity index is 956. The molecule has 2 aromatic carbocycles. The van der Waals surface area contributed by atoms with Gasteiger partial charge in [0.1, 0.15) is 5.75 Å². The molecule has 2 rings (SSSR count). The van der Waals surface area contributed by atoms with Gasteiger partial charge in [0.15, 0.2) is 0 Å². The second-order valence-corrected chi connectivity index (χ2v) is 6.98. The van der Waals surface area contributed by atoms with Gasteiger partial charge in [-0.25, -0.2) is 0 Å². The summed E-state index contributed by atoms with van der Waals surface area (Å²) in [5, 5.41) is 11.6. The lowest BCUT2D eigenvalue weighted by Crippen LogP contribution is -2.39. The van der Waals surface area contributed by atoms with Crippen molar-refractivity contribution in [2.75, 3.05) is 37.0 Å². The molecule has 0 aliphatic carbocycles. The number of benzene rings is 2. The number of methoxy groups -OCH3 is 1. The topological polar surface area (TPSA) is 103 Å². The van der Waals surface area contributed by atoms with Crippen LogP contribution in [-0.4, -0.2) is 49.4 Å². The molecule has 2 aromatic rings. The highest BCUT2D eigenvalue weighted by Crippen LogP contribution is 2.17. The van der Waals surface area contributed by atoms with Crippen molar-refractivity contribution < 1.29 is 19.1 Å². The van der Waals surface area contributed by atoms with E-state index >= 15 is 0 Å². The van der Waals surface area contributed by atoms with Crippen molar-refractivity contribution >= 4 is 29.1 Å². The maximum atomic E-state index is 12.7. The van der Waals surface area contributed by atoms with E-state index in [9.17, 15) is 14.4 Å². The highest BCUT2D eigenvalue weighted by Gasteiger charge is 2.20. The number of carbonyl (C=O) groups excluding carboxylic acids is 3. The molecule has 0 saturated heterocycles. The van der Waals surface area contributed by atoms with Crippen LogP contribution in [0.1, 0.15) is 26.2 Å². The fraction of sp³-hybridized carbons (Fsp3) is 0.333. The van der Waals surface area contributed by atoms with Gasteiger partial charge in [0, 0.05) is 43.4 Å². The Hall–Kier alpha value is -3.86. The van der Waals surface area contributed by atoms with Crippen LogP contribution in [0.15, 0.2) is 54.6 Å². The van der Waals surface area contributed by atoms with Crippen LogP contribution in [0.3, 0.4) is 0 Å². The van der Waals surface area contributed by atoms with E-state index in [1.165, 1.54) is 9.80 Å². The van der Waals surface area contributed by atoms with Gasteiger partial charge in [0.25, 0.3) is 0 Å². The fourth-order valence-corrected chi connectivity index (χ4v) is 3.13. The summed E-state index contributed by atoms with van der Waals surface area (Å²) >= 11 is 0. The second kappa shape index (κ2) is 12.7. The van der Waals surface area contributed by atoms with Crippen molar-refractivity contribution in [2.45, 2.75) is 26.2 Å². The number of amides is 3. The number of anilines is 2. The first-order valence-corrected chi connectivity index (χ1v) is 10.4. The molecule has 0 aliphatic heterocycles. The van der Waals surface area contributed by atoms with Gasteiger partial charge in [-0.2, -0.15) is 5.26 Å². The zero-order valence-electron chi connectivity index (χ0n) is 18.4. The third-order valence-electron chi connectivity index (χ3n) is 4.79. The number of carbonyl (C=O) groups is 3. The average molecular weight is 437 g/mol. The summed E-state index contributed by atoms with van der Waals surface area (Å²) in [6.07, 6.45) is 0.169. The van der Waals surface area contributed by atoms with Crippen LogP contribution in [0, 0.1) is 11.3 Å². The van der Waals surface area contributed by atoms with Crippen LogP contribution < -0.4 is 15.0 Å². The average Bonchev–Trinajstić information content (AvgIpc) is 2.82. The molecular weight excluding hydrogens is 408 g/mol. The van der Waals surface area contributed by atoms with E-state index in [0.29, 0.717) is 23.7 Å². The number of likely N-dealkylation sites (N-methyl/N-ethyl adjacent to an activating group) is 1. The first kappa shape index (κ1) is 24.4. The van der Waals surface area contributed by atoms with E-state index in [1.54, 1.807) is 50.4 Å². The van der Waals surface area contributed by atoms with Gasteiger partial charge in [0.2, 0.25) is 17.7 Å². The molecule has 0 aromatic heterocycles. The summed E-state index contributed by atoms with van der Waals surface area (Å²) in [5.41, 5.74) is 1.26. The Kier molecular flexibility index (Phi) is 9.72. The van der Waals surface area contributed by atoms with Gasteiger partial charge < -0.3 is 19.9 Å². The number of hydrogen-bond donors (Lipinski definition) is 1. The minimum Gasteiger partial charge on any atom is -0.497 e. The zero-order valence-corrected chi connectivity index (χ0v) is 18.4. The summed E-state index contributed by atoms with van der Waals surface area (Å²) < 4.78 is 5.14. The van der Waals surface area contributed by atoms with E-state index in [0.717, 1.165) is 0 Å². The molecule has 0 saturated carbocycles. The molecule has 3 amide bonds. The van der Waals surface area contributed by atoms with Crippen molar-refractivity contribution in [1.29, 1.82) is 5.26 Å². The molecule has 8 nitrogen and oxygen atoms in total. The van der Waals surface area contributed by atoms with E-state index in [1.807, 2.05) is 24.3 Å². The van der Waals surface area contributed by atoms with Crippen LogP contribution in [0.2, 0.25) is 0 Å². The molecule has 168 valence electrons. The third-order valence-corrected chi connectivity index (χ3v) is 4.79. The molecule has 0 radical (unpaired) electrons. The van der Waals surface area contributed by atoms with Crippen molar-refractivity contribution in [2.24, 2.45) is 0 Å². The predicted octanol–water partition coefficient (Wildman–Crippen LogP) is 3.21. The predicted molar refractivity (Wildman–Crippen MR) is 122 cm³/mol. The normalized spacial score (nSPS) is 10.0. The molecule has 0 aliphatic rings. The Morgan fingerprint density at radius 3 is 2.41 bits per heavy atom. The molecular formula is C24H28N4O4. The molecule has 8 heteroatoms. The van der Waals surface area contributed by atoms with E-state index in [2.05, 4.69) is 5.32 Å². The molecule has 0 fully saturated rings. The lowest BCUT2D eigenvalue weighted by molar-refractivity contribution is -0.135. The quantitative estimate of drug-likeness (QED) is 0.583. The smallest absolute Gasteiger partial charge is 0.243 e. The van der Waals surface area contributed by atoms with Gasteiger partial charge in [-0.05, 0) is 31.2 Å². The first-order chi connectivity index (χ1) is 15.5. The Balaban J connectivity index is 1.92. The second-order valence-electron chi connectivity index (χ2n) is 6.98. The van der Waals surface area contributed by atoms with Crippen LogP contribution in [0.25, 0.3) is 0 Å². The van der Waals surface area contributed by atoms with Crippen LogP contribution in [0.4, 0.5) is 11.4 Å². The van der Waals surface area contributed by atoms with Crippen LogP contribution in [-0.2, 0) is 14.4 Å². The van der Waals surface area contributed by atoms with Crippen molar-refractivity contribution in [3.63, 3.8) is 0 Å². The number of nitrogens with one attached hydrogen (secondary N) is 1. The van der Waals surface area contributed by atoms with Gasteiger partial charge in [0.05, 0.1) is 26.1 Å². The molecule has 0 bridgehead atoms. The third kappa shape index (κ3) is 7.43. The molecule has 32 heavy (non-hydrogen) atoms. The van der Waals surface area contributed by atoms with Gasteiger partial charge >= 0.3 is 0 Å². The van der Waals surface area contributed by atoms with E-state index in [-0.39, 0.29) is 50.1 Å². The van der Waals surface area contributed by atoms with Crippen molar-refractivity contribution in [3.05, 3.63) is 54.6 Å². The molecule has 0 unspecified atom stereocenters. The fourth-order valence-electron chi connectivity index (χ4n) is 3.13. The zero-order chi connectivity index (χ0) is 23.3. The Morgan fingerprint density at radius 2 is 1.75 bits per heavy atom. The summed E-state index contributed by atoms with van der Waals surface area (Å²) in [5.74, 6) is -0.240. The lowest BCUT2D eigenvalue weighted by Gasteiger charge is -2.23. The SMILES string of the molecule is CCN(CC(=O)Nc1cccc(OC)c1)C(=O)CCC(=O)N(CCC#N)c1ccccc1. The standard InChI is InChI=1S/C24H28N4O4/c1-3-27(18-22(29)26-19-9-7-12-21(17-19)32-2)23(30)13-14-24(31)28(16-8-15-25)20-10-5-4-6-11-20/h4-7,9-12,17H,3,8,13-14,16,18H2,1-2H3,(H,26,29). The number of hydrogen-bond acceptors (Lipinski definition) is 5. The van der Waals surface area contributed by atoms with Crippen molar-refractivity contribution in [3.8, 4) is 11.8 Å². The summed E-state index contributed by atoms with van der Waals surface area (Å²) in [4.78, 5) is 40.7. The number of rotatable bonds is 11. The Morgan fingerprint density at radius 1 is 1.03 bits per heavy atom. The highest BCUT2D eigenvalue weighted by atomic mass is 16.5. The maximum absolute atomic E-state index is 12.7. The molecule has 0 atom stereocenters. The minimum absolute atomic E-state index is 0.00679. The molecule has 1 N–H and O–H groups in total. The first-order valence-electron chi connectivity index (χ1n) is 10.4. The van der Waals surface area contributed by atoms with Crippen molar-refractivity contribution in [1.82, 2.24) is 4.90 Å². The van der Waals surface area contributed by atoms with Gasteiger partial charge in [-0.1, -0.05) is 24.3 Å². The highest BCUT2D eigenvalue weighted by molar-refractivity contribution is 5.97. The maximum Gasteiger partial charge on any atom is 0.243 e. The van der Waals surface area contributed by atoms with Crippen LogP contribution >= 0.6 is 0 Å². The minimum atomic E-state index is -0.334. The number of nitriles is 1.